The maximum atomic E-state index is 13.7. The fourth-order valence-corrected chi connectivity index (χ4v) is 19.3. The van der Waals surface area contributed by atoms with Gasteiger partial charge in [0.05, 0.1) is 15.3 Å². The maximum Gasteiger partial charge on any atom is 0.311 e. The Morgan fingerprint density at radius 1 is 0.493 bits per heavy atom. The number of nitro benzene ring substituents is 2. The van der Waals surface area contributed by atoms with E-state index in [2.05, 4.69) is 90.1 Å². The third-order valence-electron chi connectivity index (χ3n) is 19.7. The van der Waals surface area contributed by atoms with Crippen molar-refractivity contribution in [2.45, 2.75) is 199 Å². The zero-order valence-electron chi connectivity index (χ0n) is 42.4. The number of nitrogens with zero attached hydrogens (tertiary/aromatic N) is 2. The van der Waals surface area contributed by atoms with Crippen LogP contribution in [0.5, 0.6) is 11.5 Å². The smallest absolute Gasteiger partial charge is 0.311 e. The van der Waals surface area contributed by atoms with Gasteiger partial charge in [-0.1, -0.05) is 116 Å². The second-order valence-electron chi connectivity index (χ2n) is 26.2. The van der Waals surface area contributed by atoms with Crippen LogP contribution in [0.1, 0.15) is 214 Å². The summed E-state index contributed by atoms with van der Waals surface area (Å²) in [4.78, 5) is 26.5. The number of hydrogen-bond acceptors (Lipinski definition) is 6. The normalized spacial score (nSPS) is 32.9. The Bertz CT molecular complexity index is 2550. The third kappa shape index (κ3) is 7.39. The summed E-state index contributed by atoms with van der Waals surface area (Å²) < 4.78 is 0. The van der Waals surface area contributed by atoms with E-state index < -0.39 is 26.1 Å². The molecule has 2 N–H and O–H groups in total. The molecule has 0 saturated heterocycles. The van der Waals surface area contributed by atoms with E-state index in [0.717, 1.165) is 164 Å². The van der Waals surface area contributed by atoms with Crippen LogP contribution in [0.3, 0.4) is 0 Å². The van der Waals surface area contributed by atoms with E-state index in [1.807, 2.05) is 0 Å². The van der Waals surface area contributed by atoms with Crippen LogP contribution in [0.4, 0.5) is 11.4 Å². The summed E-state index contributed by atoms with van der Waals surface area (Å²) in [7, 11) is 0. The highest BCUT2D eigenvalue weighted by molar-refractivity contribution is 5.88. The minimum absolute atomic E-state index is 0.0621. The van der Waals surface area contributed by atoms with Gasteiger partial charge in [0.2, 0.25) is 0 Å². The average Bonchev–Trinajstić information content (AvgIpc) is 3.53. The summed E-state index contributed by atoms with van der Waals surface area (Å²) >= 11 is 0. The second kappa shape index (κ2) is 16.2. The van der Waals surface area contributed by atoms with Crippen LogP contribution >= 0.6 is 0 Å². The fourth-order valence-electron chi connectivity index (χ4n) is 19.3. The van der Waals surface area contributed by atoms with Crippen molar-refractivity contribution >= 4 is 11.4 Å². The first-order valence-electron chi connectivity index (χ1n) is 27.1. The van der Waals surface area contributed by atoms with Crippen LogP contribution in [0, 0.1) is 53.7 Å². The Morgan fingerprint density at radius 3 is 1.20 bits per heavy atom. The van der Waals surface area contributed by atoms with Crippen molar-refractivity contribution in [3.8, 4) is 22.6 Å². The summed E-state index contributed by atoms with van der Waals surface area (Å²) in [6.45, 7) is 14.1. The number of phenolic OH excluding ortho intramolecular Hbond substituents is 2. The molecule has 9 aliphatic carbocycles. The molecule has 8 heteroatoms. The lowest BCUT2D eigenvalue weighted by atomic mass is 9.39. The first-order valence-corrected chi connectivity index (χ1v) is 27.1. The summed E-state index contributed by atoms with van der Waals surface area (Å²) in [6.07, 6.45) is 22.6. The minimum Gasteiger partial charge on any atom is -0.502 e. The Hall–Kier alpha value is -4.72. The Labute approximate surface area is 410 Å². The molecule has 8 nitrogen and oxygen atoms in total. The van der Waals surface area contributed by atoms with Gasteiger partial charge in [-0.2, -0.15) is 0 Å². The summed E-state index contributed by atoms with van der Waals surface area (Å²) in [5, 5.41) is 52.4. The van der Waals surface area contributed by atoms with E-state index in [4.69, 9.17) is 0 Å². The summed E-state index contributed by atoms with van der Waals surface area (Å²) in [5.41, 5.74) is 6.51. The minimum atomic E-state index is -1.25. The third-order valence-corrected chi connectivity index (χ3v) is 19.7. The Morgan fingerprint density at radius 2 is 0.870 bits per heavy atom. The van der Waals surface area contributed by atoms with Crippen LogP contribution in [-0.4, -0.2) is 20.1 Å². The molecule has 0 aromatic heterocycles. The van der Waals surface area contributed by atoms with Gasteiger partial charge in [-0.15, -0.1) is 0 Å². The lowest BCUT2D eigenvalue weighted by Gasteiger charge is -2.65. The number of aryl methyl sites for hydroxylation is 2. The predicted octanol–water partition coefficient (Wildman–Crippen LogP) is 16.0. The van der Waals surface area contributed by atoms with Gasteiger partial charge in [-0.05, 0) is 193 Å². The van der Waals surface area contributed by atoms with Crippen molar-refractivity contribution in [1.29, 1.82) is 0 Å². The Kier molecular flexibility index (Phi) is 10.9. The molecule has 0 amide bonds. The molecule has 366 valence electrons. The first-order chi connectivity index (χ1) is 32.8. The molecule has 4 aromatic rings. The van der Waals surface area contributed by atoms with Crippen molar-refractivity contribution in [3.63, 3.8) is 0 Å². The van der Waals surface area contributed by atoms with Crippen LogP contribution < -0.4 is 0 Å². The lowest BCUT2D eigenvalue weighted by molar-refractivity contribution is -0.386. The number of phenols is 2. The van der Waals surface area contributed by atoms with Gasteiger partial charge in [0.15, 0.2) is 11.5 Å². The molecule has 69 heavy (non-hydrogen) atoms. The SMILES string of the molecule is CCCCCCc1ccc2c(c1)C(c1cc([N+](=O)[O-])c(O)c(C34CC5CC(C)(CC(C)(C5)C3)C4)c1)(c1cc([N+](=O)[O-])c(O)c(C34CC5CC(C)(CC(C)(C5)C3)C4)c1)c1cc(CCCCCC)ccc1-2. The highest BCUT2D eigenvalue weighted by Crippen LogP contribution is 2.73. The molecule has 0 spiro atoms. The molecule has 8 saturated carbocycles. The number of rotatable bonds is 16. The van der Waals surface area contributed by atoms with Gasteiger partial charge in [0.1, 0.15) is 0 Å². The second-order valence-corrected chi connectivity index (χ2v) is 26.2. The van der Waals surface area contributed by atoms with E-state index in [-0.39, 0.29) is 44.5 Å². The predicted molar refractivity (Wildman–Crippen MR) is 274 cm³/mol. The van der Waals surface area contributed by atoms with Gasteiger partial charge in [0.25, 0.3) is 0 Å². The largest absolute Gasteiger partial charge is 0.502 e. The van der Waals surface area contributed by atoms with Crippen LogP contribution in [0.15, 0.2) is 60.7 Å². The van der Waals surface area contributed by atoms with Gasteiger partial charge in [-0.3, -0.25) is 20.2 Å². The van der Waals surface area contributed by atoms with Crippen molar-refractivity contribution in [2.24, 2.45) is 33.5 Å². The topological polar surface area (TPSA) is 127 Å². The Balaban J connectivity index is 1.23. The molecule has 8 bridgehead atoms. The monoisotopic (exact) mass is 933 g/mol. The molecular weight excluding hydrogens is 857 g/mol. The molecule has 0 radical (unpaired) electrons. The standard InChI is InChI=1S/C61H76N2O6/c1-7-9-11-13-15-39-17-19-45-46-20-18-40(16-14-12-10-8-2)22-48(46)61(47(45)21-39,43-23-49(53(64)51(25-43)62(66)67)59-31-41-27-55(3,35-59)33-56(4,28-41)36-59)44-24-50(54(65)52(26-44)63(68)69)60-32-42-29-57(5,37-60)34-58(6,30-42)38-60/h17-26,41-42,64-65H,7-16,27-38H2,1-6H3. The molecule has 0 aliphatic heterocycles. The van der Waals surface area contributed by atoms with Crippen molar-refractivity contribution in [1.82, 2.24) is 0 Å². The maximum absolute atomic E-state index is 13.7. The van der Waals surface area contributed by atoms with Gasteiger partial charge in [-0.25, -0.2) is 0 Å². The van der Waals surface area contributed by atoms with E-state index in [1.54, 1.807) is 12.1 Å². The van der Waals surface area contributed by atoms with E-state index in [0.29, 0.717) is 34.1 Å². The number of hydrogen-bond donors (Lipinski definition) is 2. The highest BCUT2D eigenvalue weighted by Gasteiger charge is 2.64. The van der Waals surface area contributed by atoms with Gasteiger partial charge in [0, 0.05) is 34.1 Å². The zero-order valence-corrected chi connectivity index (χ0v) is 42.4. The first kappa shape index (κ1) is 46.7. The van der Waals surface area contributed by atoms with Crippen LogP contribution in [0.2, 0.25) is 0 Å². The molecule has 4 unspecified atom stereocenters. The fraction of sp³-hybridized carbons (Fsp3) is 0.607. The van der Waals surface area contributed by atoms with E-state index in [1.165, 1.54) is 11.1 Å². The molecule has 4 aromatic carbocycles. The average molecular weight is 933 g/mol. The number of unbranched alkanes of at least 4 members (excludes halogenated alkanes) is 6. The quantitative estimate of drug-likeness (QED) is 0.0576. The lowest BCUT2D eigenvalue weighted by Crippen LogP contribution is -2.57. The van der Waals surface area contributed by atoms with Crippen LogP contribution in [0.25, 0.3) is 11.1 Å². The molecule has 8 fully saturated rings. The van der Waals surface area contributed by atoms with E-state index >= 15 is 0 Å². The summed E-state index contributed by atoms with van der Waals surface area (Å²) in [6, 6.07) is 21.2. The highest BCUT2D eigenvalue weighted by atomic mass is 16.6. The van der Waals surface area contributed by atoms with Gasteiger partial charge >= 0.3 is 11.4 Å². The molecular formula is C61H76N2O6. The number of nitro groups is 2. The van der Waals surface area contributed by atoms with Gasteiger partial charge < -0.3 is 10.2 Å². The molecule has 13 rings (SSSR count). The zero-order chi connectivity index (χ0) is 48.5. The number of fused-ring (bicyclic) bond motifs is 3. The van der Waals surface area contributed by atoms with Crippen molar-refractivity contribution < 1.29 is 20.1 Å². The van der Waals surface area contributed by atoms with Crippen molar-refractivity contribution in [2.75, 3.05) is 0 Å². The molecule has 4 atom stereocenters. The number of benzene rings is 4. The molecule has 0 heterocycles. The summed E-state index contributed by atoms with van der Waals surface area (Å²) in [5.74, 6) is 0.482. The number of aromatic hydroxyl groups is 2. The molecule has 9 aliphatic rings. The van der Waals surface area contributed by atoms with Crippen LogP contribution in [-0.2, 0) is 29.1 Å². The van der Waals surface area contributed by atoms with Crippen molar-refractivity contribution in [3.05, 3.63) is 125 Å². The van der Waals surface area contributed by atoms with E-state index in [9.17, 15) is 30.4 Å².